The maximum atomic E-state index is 13.0. The average Bonchev–Trinajstić information content (AvgIpc) is 2.96. The van der Waals surface area contributed by atoms with E-state index in [4.69, 9.17) is 4.99 Å². The highest BCUT2D eigenvalue weighted by molar-refractivity contribution is 8.15. The number of hydrogen-bond donors (Lipinski definition) is 1. The normalized spacial score (nSPS) is 17.3. The fourth-order valence-corrected chi connectivity index (χ4v) is 4.86. The Kier molecular flexibility index (Phi) is 7.01. The molecule has 162 valence electrons. The molecule has 1 saturated heterocycles. The van der Waals surface area contributed by atoms with Gasteiger partial charge >= 0.3 is 0 Å². The number of anilines is 1. The minimum atomic E-state index is -0.505. The van der Waals surface area contributed by atoms with Crippen molar-refractivity contribution in [2.45, 2.75) is 46.3 Å². The highest BCUT2D eigenvalue weighted by atomic mass is 32.2. The Morgan fingerprint density at radius 2 is 1.77 bits per heavy atom. The predicted octanol–water partition coefficient (Wildman–Crippen LogP) is 5.38. The van der Waals surface area contributed by atoms with E-state index in [1.165, 1.54) is 11.8 Å². The van der Waals surface area contributed by atoms with E-state index in [2.05, 4.69) is 11.9 Å². The van der Waals surface area contributed by atoms with Crippen molar-refractivity contribution in [1.29, 1.82) is 0 Å². The van der Waals surface area contributed by atoms with Crippen molar-refractivity contribution in [2.24, 2.45) is 4.99 Å². The largest absolute Gasteiger partial charge is 0.326 e. The number of amidine groups is 1. The number of carbonyl (C=O) groups excluding carboxylic acids is 2. The van der Waals surface area contributed by atoms with Crippen LogP contribution < -0.4 is 5.32 Å². The standard InChI is InChI=1S/C25H29N3O2S/c1-7-10-28-24(30)21(31-25(28)26-20-13-15(2)8-9-17(20)4)14-22(29)27-23-18(5)11-16(3)12-19(23)6/h7-9,11-13,21H,1,10,14H2,2-6H3,(H,27,29)/t21-/m1/s1. The van der Waals surface area contributed by atoms with Gasteiger partial charge in [0, 0.05) is 18.7 Å². The second-order valence-electron chi connectivity index (χ2n) is 8.05. The van der Waals surface area contributed by atoms with Gasteiger partial charge in [0.25, 0.3) is 0 Å². The number of thioether (sulfide) groups is 1. The molecular weight excluding hydrogens is 406 g/mol. The summed E-state index contributed by atoms with van der Waals surface area (Å²) < 4.78 is 0. The van der Waals surface area contributed by atoms with Crippen LogP contribution in [0.3, 0.4) is 0 Å². The van der Waals surface area contributed by atoms with Gasteiger partial charge in [-0.2, -0.15) is 0 Å². The zero-order chi connectivity index (χ0) is 22.7. The Balaban J connectivity index is 1.80. The van der Waals surface area contributed by atoms with Crippen molar-refractivity contribution in [2.75, 3.05) is 11.9 Å². The summed E-state index contributed by atoms with van der Waals surface area (Å²) in [4.78, 5) is 32.2. The molecule has 0 radical (unpaired) electrons. The van der Waals surface area contributed by atoms with E-state index in [-0.39, 0.29) is 18.2 Å². The molecule has 0 aromatic heterocycles. The summed E-state index contributed by atoms with van der Waals surface area (Å²) in [6.07, 6.45) is 1.77. The van der Waals surface area contributed by atoms with Gasteiger partial charge in [-0.05, 0) is 62.9 Å². The van der Waals surface area contributed by atoms with Crippen LogP contribution in [0.5, 0.6) is 0 Å². The minimum Gasteiger partial charge on any atom is -0.326 e. The zero-order valence-corrected chi connectivity index (χ0v) is 19.6. The summed E-state index contributed by atoms with van der Waals surface area (Å²) in [6, 6.07) is 10.1. The molecule has 0 aliphatic carbocycles. The van der Waals surface area contributed by atoms with E-state index in [9.17, 15) is 9.59 Å². The SMILES string of the molecule is C=CCN1C(=O)[C@@H](CC(=O)Nc2c(C)cc(C)cc2C)SC1=Nc1cc(C)ccc1C. The third kappa shape index (κ3) is 5.25. The van der Waals surface area contributed by atoms with Gasteiger partial charge in [-0.3, -0.25) is 14.5 Å². The van der Waals surface area contributed by atoms with Crippen LogP contribution in [0.1, 0.15) is 34.2 Å². The van der Waals surface area contributed by atoms with Crippen molar-refractivity contribution in [1.82, 2.24) is 4.90 Å². The third-order valence-electron chi connectivity index (χ3n) is 5.22. The lowest BCUT2D eigenvalue weighted by Gasteiger charge is -2.15. The Morgan fingerprint density at radius 1 is 1.10 bits per heavy atom. The molecule has 31 heavy (non-hydrogen) atoms. The van der Waals surface area contributed by atoms with Crippen molar-refractivity contribution >= 4 is 40.1 Å². The Bertz CT molecular complexity index is 1050. The lowest BCUT2D eigenvalue weighted by atomic mass is 10.0. The second kappa shape index (κ2) is 9.52. The Hall–Kier alpha value is -2.86. The number of benzene rings is 2. The second-order valence-corrected chi connectivity index (χ2v) is 9.22. The average molecular weight is 436 g/mol. The van der Waals surface area contributed by atoms with Crippen LogP contribution in [-0.2, 0) is 9.59 Å². The minimum absolute atomic E-state index is 0.0930. The third-order valence-corrected chi connectivity index (χ3v) is 6.40. The van der Waals surface area contributed by atoms with E-state index >= 15 is 0 Å². The zero-order valence-electron chi connectivity index (χ0n) is 18.8. The molecule has 2 aromatic carbocycles. The number of carbonyl (C=O) groups is 2. The van der Waals surface area contributed by atoms with Crippen LogP contribution in [-0.4, -0.2) is 33.7 Å². The number of rotatable bonds is 6. The maximum absolute atomic E-state index is 13.0. The van der Waals surface area contributed by atoms with Crippen LogP contribution >= 0.6 is 11.8 Å². The van der Waals surface area contributed by atoms with Crippen LogP contribution in [0.4, 0.5) is 11.4 Å². The van der Waals surface area contributed by atoms with Gasteiger partial charge < -0.3 is 5.32 Å². The van der Waals surface area contributed by atoms with Crippen molar-refractivity contribution in [3.05, 3.63) is 70.8 Å². The fourth-order valence-electron chi connectivity index (χ4n) is 3.70. The first-order valence-electron chi connectivity index (χ1n) is 10.3. The predicted molar refractivity (Wildman–Crippen MR) is 130 cm³/mol. The monoisotopic (exact) mass is 435 g/mol. The molecule has 0 unspecified atom stereocenters. The maximum Gasteiger partial charge on any atom is 0.242 e. The molecular formula is C25H29N3O2S. The molecule has 0 spiro atoms. The number of amides is 2. The number of hydrogen-bond acceptors (Lipinski definition) is 4. The number of aryl methyl sites for hydroxylation is 5. The fraction of sp³-hybridized carbons (Fsp3) is 0.320. The summed E-state index contributed by atoms with van der Waals surface area (Å²) in [5.41, 5.74) is 6.98. The Labute approximate surface area is 188 Å². The van der Waals surface area contributed by atoms with Gasteiger partial charge in [0.1, 0.15) is 5.25 Å². The molecule has 1 atom stereocenters. The van der Waals surface area contributed by atoms with E-state index in [1.54, 1.807) is 11.0 Å². The molecule has 1 fully saturated rings. The van der Waals surface area contributed by atoms with Crippen molar-refractivity contribution in [3.8, 4) is 0 Å². The summed E-state index contributed by atoms with van der Waals surface area (Å²) >= 11 is 1.34. The van der Waals surface area contributed by atoms with E-state index in [0.29, 0.717) is 11.7 Å². The summed E-state index contributed by atoms with van der Waals surface area (Å²) in [6.45, 7) is 14.1. The summed E-state index contributed by atoms with van der Waals surface area (Å²) in [5.74, 6) is -0.283. The molecule has 2 amide bonds. The number of nitrogens with one attached hydrogen (secondary N) is 1. The molecule has 2 aromatic rings. The first-order chi connectivity index (χ1) is 14.7. The molecule has 0 saturated carbocycles. The molecule has 0 bridgehead atoms. The molecule has 3 rings (SSSR count). The van der Waals surface area contributed by atoms with E-state index < -0.39 is 5.25 Å². The van der Waals surface area contributed by atoms with Gasteiger partial charge in [-0.15, -0.1) is 6.58 Å². The van der Waals surface area contributed by atoms with Crippen molar-refractivity contribution in [3.63, 3.8) is 0 Å². The van der Waals surface area contributed by atoms with Crippen LogP contribution in [0.15, 0.2) is 48.0 Å². The summed E-state index contributed by atoms with van der Waals surface area (Å²) in [5, 5.41) is 3.10. The quantitative estimate of drug-likeness (QED) is 0.620. The van der Waals surface area contributed by atoms with Crippen LogP contribution in [0.25, 0.3) is 0 Å². The molecule has 6 heteroatoms. The number of nitrogens with zero attached hydrogens (tertiary/aromatic N) is 2. The molecule has 1 N–H and O–H groups in total. The summed E-state index contributed by atoms with van der Waals surface area (Å²) in [7, 11) is 0. The molecule has 1 aliphatic heterocycles. The first-order valence-corrected chi connectivity index (χ1v) is 11.2. The topological polar surface area (TPSA) is 61.8 Å². The molecule has 1 heterocycles. The van der Waals surface area contributed by atoms with Gasteiger partial charge in [0.2, 0.25) is 11.8 Å². The lowest BCUT2D eigenvalue weighted by molar-refractivity contribution is -0.127. The Morgan fingerprint density at radius 3 is 2.42 bits per heavy atom. The van der Waals surface area contributed by atoms with Gasteiger partial charge in [0.15, 0.2) is 5.17 Å². The van der Waals surface area contributed by atoms with E-state index in [1.807, 2.05) is 65.0 Å². The van der Waals surface area contributed by atoms with Gasteiger partial charge in [-0.1, -0.05) is 47.7 Å². The molecule has 1 aliphatic rings. The number of aliphatic imine (C=N–C) groups is 1. The van der Waals surface area contributed by atoms with Crippen LogP contribution in [0.2, 0.25) is 0 Å². The van der Waals surface area contributed by atoms with Crippen molar-refractivity contribution < 1.29 is 9.59 Å². The highest BCUT2D eigenvalue weighted by Crippen LogP contribution is 2.33. The first kappa shape index (κ1) is 22.8. The van der Waals surface area contributed by atoms with Gasteiger partial charge in [0.05, 0.1) is 5.69 Å². The smallest absolute Gasteiger partial charge is 0.242 e. The van der Waals surface area contributed by atoms with Gasteiger partial charge in [-0.25, -0.2) is 4.99 Å². The van der Waals surface area contributed by atoms with Crippen LogP contribution in [0, 0.1) is 34.6 Å². The highest BCUT2D eigenvalue weighted by Gasteiger charge is 2.38. The van der Waals surface area contributed by atoms with E-state index in [0.717, 1.165) is 39.2 Å². The molecule has 5 nitrogen and oxygen atoms in total. The lowest BCUT2D eigenvalue weighted by Crippen LogP contribution is -2.33.